The normalized spacial score (nSPS) is 21.8. The summed E-state index contributed by atoms with van der Waals surface area (Å²) in [7, 11) is -1.38. The number of sulfone groups is 1. The number of hydrogen-bond acceptors (Lipinski definition) is 4. The number of carbonyl (C=O) groups excluding carboxylic acids is 1. The van der Waals surface area contributed by atoms with E-state index in [2.05, 4.69) is 4.98 Å². The van der Waals surface area contributed by atoms with E-state index in [1.807, 2.05) is 0 Å². The van der Waals surface area contributed by atoms with Gasteiger partial charge in [-0.15, -0.1) is 0 Å². The third-order valence-corrected chi connectivity index (χ3v) is 5.01. The Kier molecular flexibility index (Phi) is 3.59. The summed E-state index contributed by atoms with van der Waals surface area (Å²) in [6, 6.07) is 2.78. The van der Waals surface area contributed by atoms with Crippen molar-refractivity contribution in [3.8, 4) is 0 Å². The van der Waals surface area contributed by atoms with Crippen molar-refractivity contribution in [1.29, 1.82) is 0 Å². The molecule has 0 radical (unpaired) electrons. The van der Waals surface area contributed by atoms with Crippen molar-refractivity contribution in [3.05, 3.63) is 29.0 Å². The van der Waals surface area contributed by atoms with Crippen LogP contribution in [0.15, 0.2) is 18.3 Å². The second-order valence-corrected chi connectivity index (χ2v) is 6.96. The van der Waals surface area contributed by atoms with Gasteiger partial charge in [-0.25, -0.2) is 13.4 Å². The molecule has 7 heteroatoms. The fourth-order valence-electron chi connectivity index (χ4n) is 1.99. The van der Waals surface area contributed by atoms with Gasteiger partial charge >= 0.3 is 0 Å². The van der Waals surface area contributed by atoms with Crippen LogP contribution < -0.4 is 0 Å². The zero-order chi connectivity index (χ0) is 13.3. The molecule has 1 aromatic heterocycles. The van der Waals surface area contributed by atoms with Gasteiger partial charge in [0.05, 0.1) is 11.5 Å². The van der Waals surface area contributed by atoms with E-state index in [0.717, 1.165) is 0 Å². The molecule has 98 valence electrons. The van der Waals surface area contributed by atoms with Crippen LogP contribution in [0.3, 0.4) is 0 Å². The van der Waals surface area contributed by atoms with Crippen molar-refractivity contribution in [2.24, 2.45) is 0 Å². The Balaban J connectivity index is 2.15. The van der Waals surface area contributed by atoms with Gasteiger partial charge in [-0.1, -0.05) is 11.6 Å². The van der Waals surface area contributed by atoms with Crippen molar-refractivity contribution >= 4 is 27.3 Å². The summed E-state index contributed by atoms with van der Waals surface area (Å²) in [6.07, 6.45) is 1.94. The molecule has 0 aromatic carbocycles. The smallest absolute Gasteiger partial charge is 0.254 e. The monoisotopic (exact) mass is 288 g/mol. The number of nitrogens with zero attached hydrogens (tertiary/aromatic N) is 2. The lowest BCUT2D eigenvalue weighted by Gasteiger charge is -2.23. The summed E-state index contributed by atoms with van der Waals surface area (Å²) in [4.78, 5) is 17.4. The number of pyridine rings is 1. The van der Waals surface area contributed by atoms with E-state index >= 15 is 0 Å². The Morgan fingerprint density at radius 3 is 2.83 bits per heavy atom. The van der Waals surface area contributed by atoms with Crippen LogP contribution in [0, 0.1) is 0 Å². The predicted molar refractivity (Wildman–Crippen MR) is 68.4 cm³/mol. The first kappa shape index (κ1) is 13.3. The third-order valence-electron chi connectivity index (χ3n) is 3.05. The lowest BCUT2D eigenvalue weighted by molar-refractivity contribution is 0.0747. The first-order valence-corrected chi connectivity index (χ1v) is 7.68. The minimum Gasteiger partial charge on any atom is -0.338 e. The molecule has 2 rings (SSSR count). The molecule has 1 aromatic rings. The van der Waals surface area contributed by atoms with E-state index < -0.39 is 9.84 Å². The van der Waals surface area contributed by atoms with Crippen LogP contribution in [0.4, 0.5) is 0 Å². The van der Waals surface area contributed by atoms with E-state index in [-0.39, 0.29) is 28.6 Å². The SMILES string of the molecule is CN(C(=O)c1ccnc(Cl)c1)[C@@H]1CCS(=O)(=O)C1. The number of amides is 1. The Morgan fingerprint density at radius 2 is 2.28 bits per heavy atom. The van der Waals surface area contributed by atoms with Crippen molar-refractivity contribution in [1.82, 2.24) is 9.88 Å². The second-order valence-electron chi connectivity index (χ2n) is 4.34. The Bertz CT molecular complexity index is 573. The van der Waals surface area contributed by atoms with Crippen LogP contribution >= 0.6 is 11.6 Å². The number of carbonyl (C=O) groups is 1. The molecule has 1 aliphatic rings. The molecule has 0 bridgehead atoms. The minimum atomic E-state index is -3.00. The molecule has 0 spiro atoms. The number of hydrogen-bond donors (Lipinski definition) is 0. The predicted octanol–water partition coefficient (Wildman–Crippen LogP) is 0.994. The number of halogens is 1. The van der Waals surface area contributed by atoms with Crippen LogP contribution in [0.5, 0.6) is 0 Å². The molecule has 0 aliphatic carbocycles. The molecular weight excluding hydrogens is 276 g/mol. The molecule has 1 aliphatic heterocycles. The third kappa shape index (κ3) is 2.81. The molecular formula is C11H13ClN2O3S. The van der Waals surface area contributed by atoms with Crippen molar-refractivity contribution < 1.29 is 13.2 Å². The van der Waals surface area contributed by atoms with Gasteiger partial charge in [-0.3, -0.25) is 4.79 Å². The molecule has 1 amide bonds. The van der Waals surface area contributed by atoms with E-state index in [0.29, 0.717) is 12.0 Å². The average Bonchev–Trinajstić information content (AvgIpc) is 2.68. The highest BCUT2D eigenvalue weighted by atomic mass is 35.5. The Morgan fingerprint density at radius 1 is 1.56 bits per heavy atom. The number of rotatable bonds is 2. The summed E-state index contributed by atoms with van der Waals surface area (Å²) in [5, 5.41) is 0.244. The van der Waals surface area contributed by atoms with E-state index in [1.165, 1.54) is 17.2 Å². The molecule has 5 nitrogen and oxygen atoms in total. The fourth-order valence-corrected chi connectivity index (χ4v) is 3.93. The largest absolute Gasteiger partial charge is 0.338 e. The molecule has 1 atom stereocenters. The van der Waals surface area contributed by atoms with Crippen LogP contribution in [-0.4, -0.2) is 48.8 Å². The quantitative estimate of drug-likeness (QED) is 0.761. The summed E-state index contributed by atoms with van der Waals surface area (Å²) in [5.74, 6) is -0.0538. The summed E-state index contributed by atoms with van der Waals surface area (Å²) in [6.45, 7) is 0. The minimum absolute atomic E-state index is 0.0358. The lowest BCUT2D eigenvalue weighted by atomic mass is 10.2. The van der Waals surface area contributed by atoms with Crippen LogP contribution in [-0.2, 0) is 9.84 Å². The van der Waals surface area contributed by atoms with Crippen LogP contribution in [0.1, 0.15) is 16.8 Å². The zero-order valence-electron chi connectivity index (χ0n) is 9.84. The van der Waals surface area contributed by atoms with E-state index in [1.54, 1.807) is 13.1 Å². The zero-order valence-corrected chi connectivity index (χ0v) is 11.4. The van der Waals surface area contributed by atoms with Gasteiger partial charge in [0.15, 0.2) is 9.84 Å². The van der Waals surface area contributed by atoms with Gasteiger partial charge in [0, 0.05) is 24.8 Å². The first-order valence-electron chi connectivity index (χ1n) is 5.48. The molecule has 18 heavy (non-hydrogen) atoms. The maximum atomic E-state index is 12.1. The molecule has 1 saturated heterocycles. The van der Waals surface area contributed by atoms with Gasteiger partial charge in [0.25, 0.3) is 5.91 Å². The molecule has 1 fully saturated rings. The highest BCUT2D eigenvalue weighted by Gasteiger charge is 2.33. The van der Waals surface area contributed by atoms with E-state index in [4.69, 9.17) is 11.6 Å². The highest BCUT2D eigenvalue weighted by molar-refractivity contribution is 7.91. The lowest BCUT2D eigenvalue weighted by Crippen LogP contribution is -2.37. The van der Waals surface area contributed by atoms with Gasteiger partial charge in [-0.05, 0) is 18.6 Å². The average molecular weight is 289 g/mol. The summed E-state index contributed by atoms with van der Waals surface area (Å²) < 4.78 is 22.8. The van der Waals surface area contributed by atoms with Crippen LogP contribution in [0.2, 0.25) is 5.15 Å². The number of aromatic nitrogens is 1. The Hall–Kier alpha value is -1.14. The summed E-state index contributed by atoms with van der Waals surface area (Å²) in [5.41, 5.74) is 0.418. The highest BCUT2D eigenvalue weighted by Crippen LogP contribution is 2.19. The molecule has 0 unspecified atom stereocenters. The Labute approximate surface area is 111 Å². The van der Waals surface area contributed by atoms with Crippen molar-refractivity contribution in [2.75, 3.05) is 18.6 Å². The van der Waals surface area contributed by atoms with Gasteiger partial charge < -0.3 is 4.90 Å². The van der Waals surface area contributed by atoms with Crippen LogP contribution in [0.25, 0.3) is 0 Å². The second kappa shape index (κ2) is 4.85. The standard InChI is InChI=1S/C11H13ClN2O3S/c1-14(9-3-5-18(16,17)7-9)11(15)8-2-4-13-10(12)6-8/h2,4,6,9H,3,5,7H2,1H3/t9-/m1/s1. The molecule has 0 saturated carbocycles. The molecule has 0 N–H and O–H groups in total. The van der Waals surface area contributed by atoms with Gasteiger partial charge in [0.1, 0.15) is 5.15 Å². The van der Waals surface area contributed by atoms with E-state index in [9.17, 15) is 13.2 Å². The fraction of sp³-hybridized carbons (Fsp3) is 0.455. The van der Waals surface area contributed by atoms with Gasteiger partial charge in [-0.2, -0.15) is 0 Å². The molecule has 2 heterocycles. The first-order chi connectivity index (χ1) is 8.39. The maximum absolute atomic E-state index is 12.1. The van der Waals surface area contributed by atoms with Gasteiger partial charge in [0.2, 0.25) is 0 Å². The van der Waals surface area contributed by atoms with Crippen molar-refractivity contribution in [3.63, 3.8) is 0 Å². The summed E-state index contributed by atoms with van der Waals surface area (Å²) >= 11 is 5.72. The maximum Gasteiger partial charge on any atom is 0.254 e. The van der Waals surface area contributed by atoms with Crippen molar-refractivity contribution in [2.45, 2.75) is 12.5 Å². The topological polar surface area (TPSA) is 67.3 Å².